The second kappa shape index (κ2) is 17.8. The maximum atomic E-state index is 13.3. The third-order valence-corrected chi connectivity index (χ3v) is 6.57. The number of rotatable bonds is 19. The van der Waals surface area contributed by atoms with Crippen molar-refractivity contribution in [1.82, 2.24) is 21.3 Å². The first-order valence-corrected chi connectivity index (χ1v) is 13.6. The molecule has 17 heteroatoms. The Balaban J connectivity index is 3.27. The molecule has 0 bridgehead atoms. The topological polar surface area (TPSA) is 309 Å². The third kappa shape index (κ3) is 12.8. The van der Waals surface area contributed by atoms with Gasteiger partial charge in [-0.3, -0.25) is 33.6 Å². The minimum Gasteiger partial charge on any atom is -0.480 e. The van der Waals surface area contributed by atoms with E-state index < -0.39 is 96.8 Å². The van der Waals surface area contributed by atoms with Gasteiger partial charge in [0.2, 0.25) is 41.4 Å². The van der Waals surface area contributed by atoms with Crippen molar-refractivity contribution >= 4 is 47.3 Å². The van der Waals surface area contributed by atoms with Gasteiger partial charge in [0, 0.05) is 6.42 Å². The van der Waals surface area contributed by atoms with E-state index >= 15 is 0 Å². The third-order valence-electron chi connectivity index (χ3n) is 6.57. The van der Waals surface area contributed by atoms with Gasteiger partial charge in [-0.05, 0) is 11.5 Å². The normalized spacial score (nSPS) is 14.8. The fourth-order valence-electron chi connectivity index (χ4n) is 3.88. The summed E-state index contributed by atoms with van der Waals surface area (Å²) in [6.45, 7) is 3.50. The fourth-order valence-corrected chi connectivity index (χ4v) is 3.88. The van der Waals surface area contributed by atoms with E-state index in [9.17, 15) is 43.5 Å². The Morgan fingerprint density at radius 1 is 0.659 bits per heavy atom. The summed E-state index contributed by atoms with van der Waals surface area (Å²) in [4.78, 5) is 98.4. The van der Waals surface area contributed by atoms with Crippen LogP contribution in [0.5, 0.6) is 0 Å². The summed E-state index contributed by atoms with van der Waals surface area (Å²) in [5.41, 5.74) is 22.0. The van der Waals surface area contributed by atoms with Crippen LogP contribution in [0.4, 0.5) is 0 Å². The van der Waals surface area contributed by atoms with E-state index in [-0.39, 0.29) is 12.3 Å². The van der Waals surface area contributed by atoms with Crippen molar-refractivity contribution in [2.24, 2.45) is 28.9 Å². The highest BCUT2D eigenvalue weighted by atomic mass is 16.4. The van der Waals surface area contributed by atoms with Gasteiger partial charge >= 0.3 is 5.97 Å². The predicted molar refractivity (Wildman–Crippen MR) is 154 cm³/mol. The number of amides is 7. The van der Waals surface area contributed by atoms with Crippen molar-refractivity contribution in [2.75, 3.05) is 0 Å². The maximum Gasteiger partial charge on any atom is 0.326 e. The van der Waals surface area contributed by atoms with Gasteiger partial charge in [-0.25, -0.2) is 4.79 Å². The molecule has 0 aromatic heterocycles. The largest absolute Gasteiger partial charge is 0.480 e. The van der Waals surface area contributed by atoms with Crippen LogP contribution in [0.3, 0.4) is 0 Å². The van der Waals surface area contributed by atoms with E-state index in [2.05, 4.69) is 21.3 Å². The van der Waals surface area contributed by atoms with Crippen molar-refractivity contribution in [3.05, 3.63) is 35.9 Å². The quantitative estimate of drug-likeness (QED) is 0.0727. The van der Waals surface area contributed by atoms with Gasteiger partial charge in [-0.15, -0.1) is 0 Å². The molecule has 17 nitrogen and oxygen atoms in total. The Morgan fingerprint density at radius 2 is 1.05 bits per heavy atom. The molecule has 0 fully saturated rings. The van der Waals surface area contributed by atoms with E-state index in [1.165, 1.54) is 0 Å². The molecule has 0 spiro atoms. The maximum absolute atomic E-state index is 13.3. The Morgan fingerprint density at radius 3 is 1.48 bits per heavy atom. The molecule has 0 aliphatic rings. The summed E-state index contributed by atoms with van der Waals surface area (Å²) in [7, 11) is 0. The molecule has 1 aromatic carbocycles. The van der Waals surface area contributed by atoms with E-state index in [0.29, 0.717) is 12.0 Å². The molecule has 242 valence electrons. The van der Waals surface area contributed by atoms with E-state index in [0.717, 1.165) is 0 Å². The van der Waals surface area contributed by atoms with E-state index in [1.54, 1.807) is 44.2 Å². The fraction of sp³-hybridized carbons (Fsp3) is 0.481. The first-order chi connectivity index (χ1) is 20.5. The van der Waals surface area contributed by atoms with Crippen molar-refractivity contribution < 1.29 is 43.5 Å². The number of aliphatic carboxylic acids is 1. The lowest BCUT2D eigenvalue weighted by Gasteiger charge is -2.26. The summed E-state index contributed by atoms with van der Waals surface area (Å²) < 4.78 is 0. The highest BCUT2D eigenvalue weighted by molar-refractivity contribution is 5.98. The molecule has 44 heavy (non-hydrogen) atoms. The van der Waals surface area contributed by atoms with Crippen LogP contribution in [0.1, 0.15) is 45.1 Å². The minimum atomic E-state index is -1.71. The molecule has 0 saturated heterocycles. The van der Waals surface area contributed by atoms with Crippen molar-refractivity contribution in [1.29, 1.82) is 0 Å². The summed E-state index contributed by atoms with van der Waals surface area (Å²) in [6, 6.07) is 0.732. The van der Waals surface area contributed by atoms with E-state index in [1.807, 2.05) is 0 Å². The molecule has 0 aliphatic heterocycles. The standard InChI is InChI=1S/C27H40N8O9/c1-3-13(2)22(31)26(42)34-17(11-20(29)37)25(41)33-16(10-19(28)36)24(40)32-15(9-14-7-5-4-6-8-14)23(39)35-18(27(43)44)12-21(30)38/h4-8,13,15-18,22H,3,9-12,31H2,1-2H3,(H2,28,36)(H2,29,37)(H2,30,38)(H,32,40)(H,33,41)(H,34,42)(H,35,39)(H,43,44)/t13-,15-,16-,17-,18-,22-/m0/s1. The number of nitrogens with one attached hydrogen (secondary N) is 4. The first-order valence-electron chi connectivity index (χ1n) is 13.6. The summed E-state index contributed by atoms with van der Waals surface area (Å²) in [5.74, 6) is -8.79. The van der Waals surface area contributed by atoms with Crippen LogP contribution in [-0.4, -0.2) is 82.6 Å². The van der Waals surface area contributed by atoms with Gasteiger partial charge in [0.05, 0.1) is 25.3 Å². The molecule has 0 unspecified atom stereocenters. The summed E-state index contributed by atoms with van der Waals surface area (Å²) in [5, 5.41) is 18.4. The smallest absolute Gasteiger partial charge is 0.326 e. The van der Waals surface area contributed by atoms with Gasteiger partial charge in [0.15, 0.2) is 0 Å². The van der Waals surface area contributed by atoms with Crippen LogP contribution >= 0.6 is 0 Å². The molecule has 0 radical (unpaired) electrons. The number of hydrogen-bond acceptors (Lipinski definition) is 9. The number of carbonyl (C=O) groups is 8. The van der Waals surface area contributed by atoms with Gasteiger partial charge in [0.1, 0.15) is 24.2 Å². The monoisotopic (exact) mass is 620 g/mol. The van der Waals surface area contributed by atoms with Crippen molar-refractivity contribution in [2.45, 2.75) is 76.2 Å². The number of benzene rings is 1. The molecule has 1 aromatic rings. The van der Waals surface area contributed by atoms with Gasteiger partial charge < -0.3 is 49.3 Å². The number of carboxylic acids is 1. The molecular weight excluding hydrogens is 580 g/mol. The lowest BCUT2D eigenvalue weighted by Crippen LogP contribution is -2.60. The second-order valence-corrected chi connectivity index (χ2v) is 10.2. The van der Waals surface area contributed by atoms with E-state index in [4.69, 9.17) is 22.9 Å². The van der Waals surface area contributed by atoms with Crippen LogP contribution in [0, 0.1) is 5.92 Å². The Kier molecular flexibility index (Phi) is 14.9. The number of carbonyl (C=O) groups excluding carboxylic acids is 7. The van der Waals surface area contributed by atoms with Crippen molar-refractivity contribution in [3.8, 4) is 0 Å². The average Bonchev–Trinajstić information content (AvgIpc) is 2.94. The van der Waals surface area contributed by atoms with Crippen LogP contribution in [0.15, 0.2) is 30.3 Å². The Labute approximate surface area is 253 Å². The SMILES string of the molecule is CC[C@H](C)[C@H](N)C(=O)N[C@@H](CC(N)=O)C(=O)N[C@@H](CC(N)=O)C(=O)N[C@@H](Cc1ccccc1)C(=O)N[C@@H](CC(N)=O)C(=O)O. The van der Waals surface area contributed by atoms with Crippen LogP contribution < -0.4 is 44.2 Å². The van der Waals surface area contributed by atoms with Gasteiger partial charge in [-0.2, -0.15) is 0 Å². The Bertz CT molecular complexity index is 1230. The molecule has 0 heterocycles. The Hall–Kier alpha value is -5.06. The van der Waals surface area contributed by atoms with Gasteiger partial charge in [-0.1, -0.05) is 50.6 Å². The minimum absolute atomic E-state index is 0.174. The predicted octanol–water partition coefficient (Wildman–Crippen LogP) is -3.75. The summed E-state index contributed by atoms with van der Waals surface area (Å²) in [6.07, 6.45) is -1.81. The van der Waals surface area contributed by atoms with Crippen LogP contribution in [-0.2, 0) is 44.8 Å². The average molecular weight is 621 g/mol. The zero-order chi connectivity index (χ0) is 33.6. The lowest BCUT2D eigenvalue weighted by molar-refractivity contribution is -0.143. The number of nitrogens with two attached hydrogens (primary N) is 4. The van der Waals surface area contributed by atoms with Crippen LogP contribution in [0.25, 0.3) is 0 Å². The first kappa shape index (κ1) is 37.0. The second-order valence-electron chi connectivity index (χ2n) is 10.2. The zero-order valence-corrected chi connectivity index (χ0v) is 24.4. The number of primary amides is 3. The number of hydrogen-bond donors (Lipinski definition) is 9. The number of carboxylic acid groups (broad SMARTS) is 1. The molecule has 0 aliphatic carbocycles. The highest BCUT2D eigenvalue weighted by Crippen LogP contribution is 2.08. The highest BCUT2D eigenvalue weighted by Gasteiger charge is 2.34. The molecule has 0 saturated carbocycles. The van der Waals surface area contributed by atoms with Gasteiger partial charge in [0.25, 0.3) is 0 Å². The van der Waals surface area contributed by atoms with Crippen molar-refractivity contribution in [3.63, 3.8) is 0 Å². The molecule has 6 atom stereocenters. The van der Waals surface area contributed by atoms with Crippen LogP contribution in [0.2, 0.25) is 0 Å². The molecule has 1 rings (SSSR count). The molecular formula is C27H40N8O9. The lowest BCUT2D eigenvalue weighted by atomic mass is 9.99. The zero-order valence-electron chi connectivity index (χ0n) is 24.4. The summed E-state index contributed by atoms with van der Waals surface area (Å²) >= 11 is 0. The molecule has 13 N–H and O–H groups in total. The molecule has 7 amide bonds.